The minimum Gasteiger partial charge on any atom is -0.319 e. The summed E-state index contributed by atoms with van der Waals surface area (Å²) < 4.78 is 30.0. The smallest absolute Gasteiger partial charge is 0.188 e. The molecule has 3 heterocycles. The molecular formula is C45H43N4PtSi-. The molecule has 0 saturated carbocycles. The first-order chi connectivity index (χ1) is 25.3. The second-order valence-electron chi connectivity index (χ2n) is 14.4. The summed E-state index contributed by atoms with van der Waals surface area (Å²) in [6.45, 7) is 11.4. The van der Waals surface area contributed by atoms with Gasteiger partial charge in [0.15, 0.2) is 17.4 Å². The summed E-state index contributed by atoms with van der Waals surface area (Å²) in [4.78, 5) is 5.00. The molecule has 4 nitrogen and oxygen atoms in total. The monoisotopic (exact) mass is 865 g/mol. The van der Waals surface area contributed by atoms with Gasteiger partial charge in [0.2, 0.25) is 0 Å². The minimum absolute atomic E-state index is 0. The van der Waals surface area contributed by atoms with Crippen LogP contribution < -0.4 is 10.4 Å². The summed E-state index contributed by atoms with van der Waals surface area (Å²) in [6, 6.07) is 45.6. The van der Waals surface area contributed by atoms with Gasteiger partial charge in [0.1, 0.15) is 5.82 Å². The Bertz CT molecular complexity index is 2640. The number of aromatic nitrogens is 4. The quantitative estimate of drug-likeness (QED) is 0.116. The number of hydrogen-bond donors (Lipinski definition) is 0. The van der Waals surface area contributed by atoms with Gasteiger partial charge in [-0.3, -0.25) is 0 Å². The van der Waals surface area contributed by atoms with Crippen LogP contribution in [0.1, 0.15) is 54.8 Å². The molecule has 0 fully saturated rings. The number of benzene rings is 5. The average Bonchev–Trinajstić information content (AvgIpc) is 3.71. The first kappa shape index (κ1) is 31.2. The topological polar surface area (TPSA) is 27.7 Å². The standard InChI is InChI=1S/C45H43N4Si.Pt/c1-30(2)36-17-13-18-37(31(3)4)45(36)32-24-25-46-44(26-32)49-40-19-9-8-16-38(40)39-23-22-35(28-43(39)49)50(6,7)34-15-12-14-33(27-34)48-29-47(5)41-20-10-11-21-42(41)48;/h8-26,29-31H,1-7H3;/q-1;/i5D3;. The van der Waals surface area contributed by atoms with Crippen molar-refractivity contribution < 1.29 is 25.2 Å². The molecule has 0 atom stereocenters. The summed E-state index contributed by atoms with van der Waals surface area (Å²) in [5, 5.41) is 4.56. The first-order valence-corrected chi connectivity index (χ1v) is 20.5. The van der Waals surface area contributed by atoms with Crippen molar-refractivity contribution >= 4 is 51.3 Å². The molecule has 8 rings (SSSR count). The van der Waals surface area contributed by atoms with E-state index < -0.39 is 15.0 Å². The van der Waals surface area contributed by atoms with E-state index >= 15 is 0 Å². The molecule has 0 unspecified atom stereocenters. The molecule has 0 saturated heterocycles. The molecule has 258 valence electrons. The number of aryl methyl sites for hydroxylation is 1. The molecule has 0 amide bonds. The third kappa shape index (κ3) is 5.91. The molecular weight excluding hydrogens is 820 g/mol. The maximum Gasteiger partial charge on any atom is 0.188 e. The summed E-state index contributed by atoms with van der Waals surface area (Å²) in [7, 11) is -2.39. The van der Waals surface area contributed by atoms with Crippen LogP contribution in [0.4, 0.5) is 0 Å². The predicted octanol–water partition coefficient (Wildman–Crippen LogP) is 10.1. The Morgan fingerprint density at radius 1 is 0.706 bits per heavy atom. The van der Waals surface area contributed by atoms with E-state index in [4.69, 9.17) is 9.10 Å². The second-order valence-corrected chi connectivity index (χ2v) is 18.8. The zero-order chi connectivity index (χ0) is 37.2. The fourth-order valence-electron chi connectivity index (χ4n) is 7.49. The van der Waals surface area contributed by atoms with Gasteiger partial charge in [-0.25, -0.2) is 14.1 Å². The van der Waals surface area contributed by atoms with Crippen molar-refractivity contribution in [3.05, 3.63) is 145 Å². The Morgan fingerprint density at radius 3 is 2.10 bits per heavy atom. The number of imidazole rings is 1. The first-order valence-electron chi connectivity index (χ1n) is 19.0. The Hall–Kier alpha value is -4.57. The van der Waals surface area contributed by atoms with E-state index in [9.17, 15) is 0 Å². The van der Waals surface area contributed by atoms with Gasteiger partial charge in [0.05, 0.1) is 8.07 Å². The molecule has 0 radical (unpaired) electrons. The Labute approximate surface area is 320 Å². The molecule has 0 aliphatic carbocycles. The molecule has 6 heteroatoms. The maximum absolute atomic E-state index is 8.15. The fraction of sp³-hybridized carbons (Fsp3) is 0.200. The molecule has 8 aromatic rings. The third-order valence-electron chi connectivity index (χ3n) is 10.2. The van der Waals surface area contributed by atoms with Gasteiger partial charge in [-0.2, -0.15) is 40.7 Å². The molecule has 0 aliphatic rings. The Balaban J connectivity index is 0.00000450. The van der Waals surface area contributed by atoms with Gasteiger partial charge >= 0.3 is 0 Å². The largest absolute Gasteiger partial charge is 0.319 e. The SMILES string of the molecule is [2H]C([2H])([2H])n1[cH+]n(-c2[c-]c([Si](C)(C)c3[c-]c4c(cc3)c3ccccc3n4-c3cc(-c4c(C(C)C)cccc4C(C)C)ccn3)ccc2)c2ccccc21.[Pt]. The molecule has 0 bridgehead atoms. The molecule has 0 N–H and O–H groups in total. The van der Waals surface area contributed by atoms with Crippen molar-refractivity contribution in [3.8, 4) is 22.6 Å². The van der Waals surface area contributed by atoms with E-state index in [0.29, 0.717) is 17.4 Å². The van der Waals surface area contributed by atoms with Gasteiger partial charge in [-0.1, -0.05) is 82.7 Å². The normalized spacial score (nSPS) is 13.1. The average molecular weight is 866 g/mol. The van der Waals surface area contributed by atoms with Crippen LogP contribution >= 0.6 is 0 Å². The number of nitrogens with zero attached hydrogens (tertiary/aromatic N) is 4. The van der Waals surface area contributed by atoms with Crippen molar-refractivity contribution in [2.24, 2.45) is 6.98 Å². The zero-order valence-electron chi connectivity index (χ0n) is 32.8. The van der Waals surface area contributed by atoms with E-state index in [0.717, 1.165) is 49.2 Å². The van der Waals surface area contributed by atoms with E-state index in [-0.39, 0.29) is 21.1 Å². The van der Waals surface area contributed by atoms with Crippen LogP contribution in [0.5, 0.6) is 0 Å². The van der Waals surface area contributed by atoms with Gasteiger partial charge in [-0.15, -0.1) is 17.5 Å². The van der Waals surface area contributed by atoms with E-state index in [1.54, 1.807) is 6.33 Å². The molecule has 51 heavy (non-hydrogen) atoms. The van der Waals surface area contributed by atoms with E-state index in [2.05, 4.69) is 136 Å². The Morgan fingerprint density at radius 2 is 1.37 bits per heavy atom. The zero-order valence-corrected chi connectivity index (χ0v) is 33.1. The Kier molecular flexibility index (Phi) is 8.27. The van der Waals surface area contributed by atoms with Crippen molar-refractivity contribution in [1.82, 2.24) is 18.7 Å². The fourth-order valence-corrected chi connectivity index (χ4v) is 9.66. The summed E-state index contributed by atoms with van der Waals surface area (Å²) in [5.74, 6) is 1.63. The van der Waals surface area contributed by atoms with Crippen LogP contribution in [0.3, 0.4) is 0 Å². The second kappa shape index (κ2) is 13.5. The predicted molar refractivity (Wildman–Crippen MR) is 213 cm³/mol. The molecule has 5 aromatic carbocycles. The third-order valence-corrected chi connectivity index (χ3v) is 13.5. The van der Waals surface area contributed by atoms with Crippen molar-refractivity contribution in [1.29, 1.82) is 0 Å². The van der Waals surface area contributed by atoms with Gasteiger partial charge in [0, 0.05) is 61.7 Å². The van der Waals surface area contributed by atoms with Gasteiger partial charge in [-0.05, 0) is 69.8 Å². The minimum atomic E-state index is -2.39. The number of pyridine rings is 1. The van der Waals surface area contributed by atoms with Crippen LogP contribution in [0.15, 0.2) is 122 Å². The van der Waals surface area contributed by atoms with E-state index in [1.165, 1.54) is 26.8 Å². The summed E-state index contributed by atoms with van der Waals surface area (Å²) in [6.07, 6.45) is 3.61. The molecule has 3 aromatic heterocycles. The van der Waals surface area contributed by atoms with Crippen molar-refractivity contribution in [2.45, 2.75) is 52.6 Å². The number of para-hydroxylation sites is 3. The van der Waals surface area contributed by atoms with Crippen LogP contribution in [-0.4, -0.2) is 26.8 Å². The number of fused-ring (bicyclic) bond motifs is 4. The molecule has 0 aliphatic heterocycles. The molecule has 0 spiro atoms. The van der Waals surface area contributed by atoms with Crippen LogP contribution in [-0.2, 0) is 28.0 Å². The summed E-state index contributed by atoms with van der Waals surface area (Å²) >= 11 is 0. The van der Waals surface area contributed by atoms with Crippen LogP contribution in [0.25, 0.3) is 55.5 Å². The van der Waals surface area contributed by atoms with Gasteiger partial charge < -0.3 is 4.57 Å². The van der Waals surface area contributed by atoms with Crippen molar-refractivity contribution in [2.75, 3.05) is 0 Å². The van der Waals surface area contributed by atoms with Crippen LogP contribution in [0, 0.1) is 12.1 Å². The van der Waals surface area contributed by atoms with Gasteiger partial charge in [0.25, 0.3) is 0 Å². The summed E-state index contributed by atoms with van der Waals surface area (Å²) in [5.41, 5.74) is 9.53. The van der Waals surface area contributed by atoms with Crippen molar-refractivity contribution in [3.63, 3.8) is 0 Å². The van der Waals surface area contributed by atoms with Crippen LogP contribution in [0.2, 0.25) is 13.1 Å². The number of hydrogen-bond acceptors (Lipinski definition) is 1. The number of rotatable bonds is 7. The van der Waals surface area contributed by atoms with E-state index in [1.807, 2.05) is 41.1 Å². The maximum atomic E-state index is 8.15.